The number of amides is 2. The average molecular weight is 277 g/mol. The number of aryl methyl sites for hydroxylation is 1. The number of nitrogens with zero attached hydrogens (tertiary/aromatic N) is 1. The number of hydrazine groups is 2. The average Bonchev–Trinajstić information content (AvgIpc) is 2.31. The van der Waals surface area contributed by atoms with Gasteiger partial charge in [0, 0.05) is 11.9 Å². The summed E-state index contributed by atoms with van der Waals surface area (Å²) < 4.78 is 0. The number of hydrogen-bond donors (Lipinski definition) is 6. The van der Waals surface area contributed by atoms with E-state index in [2.05, 4.69) is 41.9 Å². The predicted molar refractivity (Wildman–Crippen MR) is 72.4 cm³/mol. The summed E-state index contributed by atoms with van der Waals surface area (Å²) in [6, 6.07) is 5.86. The molecular weight excluding hydrogens is 262 g/mol. The summed E-state index contributed by atoms with van der Waals surface area (Å²) in [5, 5.41) is -1.05. The molecule has 2 amide bonds. The maximum Gasteiger partial charge on any atom is 0.289 e. The van der Waals surface area contributed by atoms with E-state index >= 15 is 0 Å². The van der Waals surface area contributed by atoms with Gasteiger partial charge in [0.2, 0.25) is 0 Å². The second-order valence-electron chi connectivity index (χ2n) is 2.37. The van der Waals surface area contributed by atoms with Crippen LogP contribution in [0.15, 0.2) is 24.4 Å². The summed E-state index contributed by atoms with van der Waals surface area (Å²) in [7, 11) is 0. The third-order valence-electron chi connectivity index (χ3n) is 1.06. The van der Waals surface area contributed by atoms with Crippen LogP contribution in [0.1, 0.15) is 5.69 Å². The number of pyridine rings is 1. The van der Waals surface area contributed by atoms with Crippen molar-refractivity contribution in [3.63, 3.8) is 0 Å². The van der Waals surface area contributed by atoms with E-state index in [0.717, 1.165) is 5.69 Å². The molecule has 1 aromatic heterocycles. The Morgan fingerprint density at radius 3 is 1.71 bits per heavy atom. The molecule has 0 atom stereocenters. The first kappa shape index (κ1) is 18.1. The minimum atomic E-state index is -0.523. The van der Waals surface area contributed by atoms with Crippen LogP contribution in [-0.4, -0.2) is 15.5 Å². The Morgan fingerprint density at radius 2 is 1.59 bits per heavy atom. The molecule has 0 spiro atoms. The van der Waals surface area contributed by atoms with Crippen molar-refractivity contribution in [3.8, 4) is 0 Å². The fourth-order valence-electron chi connectivity index (χ4n) is 0.448. The molecule has 0 aromatic carbocycles. The molecule has 0 unspecified atom stereocenters. The van der Waals surface area contributed by atoms with E-state index in [1.165, 1.54) is 0 Å². The zero-order valence-electron chi connectivity index (χ0n) is 9.12. The van der Waals surface area contributed by atoms with Crippen LogP contribution >= 0.6 is 25.3 Å². The zero-order valence-corrected chi connectivity index (χ0v) is 10.9. The molecule has 1 rings (SSSR count). The first-order valence-electron chi connectivity index (χ1n) is 4.20. The summed E-state index contributed by atoms with van der Waals surface area (Å²) in [6.07, 6.45) is 1.79. The lowest BCUT2D eigenvalue weighted by molar-refractivity contribution is 0.260. The number of aromatic nitrogens is 1. The van der Waals surface area contributed by atoms with Gasteiger partial charge in [-0.2, -0.15) is 0 Å². The van der Waals surface area contributed by atoms with Crippen molar-refractivity contribution in [1.29, 1.82) is 0 Å². The molecule has 0 bridgehead atoms. The van der Waals surface area contributed by atoms with E-state index < -0.39 is 10.5 Å². The van der Waals surface area contributed by atoms with Gasteiger partial charge in [0.25, 0.3) is 10.5 Å². The summed E-state index contributed by atoms with van der Waals surface area (Å²) in [5.41, 5.74) is 4.58. The van der Waals surface area contributed by atoms with Gasteiger partial charge in [0.15, 0.2) is 0 Å². The predicted octanol–water partition coefficient (Wildman–Crippen LogP) is 0.389. The number of thiol groups is 2. The molecule has 0 aliphatic carbocycles. The lowest BCUT2D eigenvalue weighted by Crippen LogP contribution is -2.23. The molecule has 7 nitrogen and oxygen atoms in total. The molecule has 0 aliphatic rings. The number of carbonyl (C=O) groups is 2. The highest BCUT2D eigenvalue weighted by atomic mass is 32.1. The largest absolute Gasteiger partial charge is 0.289 e. The Morgan fingerprint density at radius 1 is 1.18 bits per heavy atom. The normalized spacial score (nSPS) is 7.59. The Labute approximate surface area is 110 Å². The van der Waals surface area contributed by atoms with Gasteiger partial charge in [0.05, 0.1) is 0 Å². The molecule has 0 saturated carbocycles. The lowest BCUT2D eigenvalue weighted by Gasteiger charge is -1.82. The fraction of sp³-hybridized carbons (Fsp3) is 0.125. The maximum atomic E-state index is 9.44. The van der Waals surface area contributed by atoms with E-state index in [9.17, 15) is 9.59 Å². The van der Waals surface area contributed by atoms with Gasteiger partial charge in [-0.1, -0.05) is 31.3 Å². The monoisotopic (exact) mass is 277 g/mol. The topological polar surface area (TPSA) is 123 Å². The van der Waals surface area contributed by atoms with E-state index in [-0.39, 0.29) is 0 Å². The summed E-state index contributed by atoms with van der Waals surface area (Å²) in [4.78, 5) is 22.9. The van der Waals surface area contributed by atoms with Crippen molar-refractivity contribution in [2.24, 2.45) is 11.7 Å². The highest BCUT2D eigenvalue weighted by Gasteiger charge is 1.75. The zero-order chi connectivity index (χ0) is 13.7. The molecule has 0 aliphatic heterocycles. The molecule has 6 N–H and O–H groups in total. The smallest absolute Gasteiger partial charge is 0.285 e. The quantitative estimate of drug-likeness (QED) is 0.177. The van der Waals surface area contributed by atoms with Crippen LogP contribution in [0.5, 0.6) is 0 Å². The summed E-state index contributed by atoms with van der Waals surface area (Å²) in [5.74, 6) is 8.99. The van der Waals surface area contributed by atoms with Crippen molar-refractivity contribution in [3.05, 3.63) is 30.1 Å². The van der Waals surface area contributed by atoms with Gasteiger partial charge in [0.1, 0.15) is 0 Å². The molecule has 1 heterocycles. The minimum Gasteiger partial charge on any atom is -0.285 e. The van der Waals surface area contributed by atoms with Crippen molar-refractivity contribution in [2.75, 3.05) is 0 Å². The highest BCUT2D eigenvalue weighted by Crippen LogP contribution is 1.86. The van der Waals surface area contributed by atoms with E-state index in [1.54, 1.807) is 17.0 Å². The van der Waals surface area contributed by atoms with Crippen LogP contribution in [0.2, 0.25) is 0 Å². The van der Waals surface area contributed by atoms with Crippen molar-refractivity contribution < 1.29 is 9.59 Å². The maximum absolute atomic E-state index is 9.44. The van der Waals surface area contributed by atoms with Gasteiger partial charge in [-0.3, -0.25) is 25.4 Å². The van der Waals surface area contributed by atoms with Gasteiger partial charge in [-0.25, -0.2) is 11.7 Å². The van der Waals surface area contributed by atoms with Gasteiger partial charge < -0.3 is 0 Å². The summed E-state index contributed by atoms with van der Waals surface area (Å²) >= 11 is 6.45. The van der Waals surface area contributed by atoms with Crippen LogP contribution in [0.25, 0.3) is 0 Å². The molecule has 0 radical (unpaired) electrons. The van der Waals surface area contributed by atoms with Crippen LogP contribution in [0.4, 0.5) is 9.59 Å². The minimum absolute atomic E-state index is 0.523. The van der Waals surface area contributed by atoms with Gasteiger partial charge in [-0.05, 0) is 19.1 Å². The number of carbonyl (C=O) groups excluding carboxylic acids is 2. The van der Waals surface area contributed by atoms with Crippen molar-refractivity contribution in [1.82, 2.24) is 15.8 Å². The van der Waals surface area contributed by atoms with Crippen LogP contribution in [-0.2, 0) is 0 Å². The Bertz CT molecular complexity index is 309. The lowest BCUT2D eigenvalue weighted by atomic mass is 10.4. The SMILES string of the molecule is Cc1ccccn1.NNC(=O)S.NNC(=O)S. The third-order valence-corrected chi connectivity index (χ3v) is 1.32. The molecule has 17 heavy (non-hydrogen) atoms. The molecule has 9 heteroatoms. The second-order valence-corrected chi connectivity index (χ2v) is 3.18. The molecule has 96 valence electrons. The Hall–Kier alpha value is -1.29. The third kappa shape index (κ3) is 20.7. The van der Waals surface area contributed by atoms with E-state index in [4.69, 9.17) is 0 Å². The molecular formula is C8H15N5O2S2. The molecule has 0 fully saturated rings. The number of nitrogens with two attached hydrogens (primary N) is 2. The first-order valence-corrected chi connectivity index (χ1v) is 5.10. The second kappa shape index (κ2) is 12.8. The van der Waals surface area contributed by atoms with Gasteiger partial charge >= 0.3 is 0 Å². The fourth-order valence-corrected chi connectivity index (χ4v) is 0.448. The standard InChI is InChI=1S/C6H7N.2CH4N2OS/c1-6-4-2-3-5-7-6;2*2-3-1(4)5/h2-5H,1H3;2*2H2,(H2,3,4,5). The summed E-state index contributed by atoms with van der Waals surface area (Å²) in [6.45, 7) is 1.97. The molecule has 1 aromatic rings. The Kier molecular flexibility index (Phi) is 13.6. The number of rotatable bonds is 0. The van der Waals surface area contributed by atoms with Crippen LogP contribution in [0, 0.1) is 6.92 Å². The van der Waals surface area contributed by atoms with Gasteiger partial charge in [-0.15, -0.1) is 0 Å². The molecule has 0 saturated heterocycles. The van der Waals surface area contributed by atoms with Crippen molar-refractivity contribution >= 4 is 35.7 Å². The number of nitrogens with one attached hydrogen (secondary N) is 2. The van der Waals surface area contributed by atoms with Crippen LogP contribution < -0.4 is 22.5 Å². The number of hydrogen-bond acceptors (Lipinski definition) is 5. The first-order chi connectivity index (χ1) is 7.93. The Balaban J connectivity index is 0. The van der Waals surface area contributed by atoms with E-state index in [0.29, 0.717) is 0 Å². The van der Waals surface area contributed by atoms with Crippen molar-refractivity contribution in [2.45, 2.75) is 6.92 Å². The van der Waals surface area contributed by atoms with Crippen LogP contribution in [0.3, 0.4) is 0 Å². The van der Waals surface area contributed by atoms with E-state index in [1.807, 2.05) is 25.1 Å². The highest BCUT2D eigenvalue weighted by molar-refractivity contribution is 7.96.